The number of amides is 1. The first kappa shape index (κ1) is 28.9. The number of sulfonamides is 1. The largest absolute Gasteiger partial charge is 0.389 e. The molecule has 0 radical (unpaired) electrons. The van der Waals surface area contributed by atoms with Crippen LogP contribution in [-0.2, 0) is 14.8 Å². The van der Waals surface area contributed by atoms with Crippen LogP contribution in [0.1, 0.15) is 111 Å². The first-order chi connectivity index (χ1) is 14.1. The molecule has 0 heterocycles. The molecule has 1 atom stereocenters. The molecule has 0 saturated carbocycles. The number of hydrogen-bond donors (Lipinski definition) is 2. The Bertz CT molecular complexity index is 603. The molecule has 0 aliphatic carbocycles. The van der Waals surface area contributed by atoms with Crippen LogP contribution in [0, 0.1) is 0 Å². The summed E-state index contributed by atoms with van der Waals surface area (Å²) >= 11 is 0. The van der Waals surface area contributed by atoms with Crippen LogP contribution in [0.3, 0.4) is 0 Å². The Morgan fingerprint density at radius 1 is 0.900 bits per heavy atom. The quantitative estimate of drug-likeness (QED) is 0.220. The van der Waals surface area contributed by atoms with Crippen LogP contribution in [-0.4, -0.2) is 30.3 Å². The lowest BCUT2D eigenvalue weighted by molar-refractivity contribution is -0.119. The van der Waals surface area contributed by atoms with Gasteiger partial charge in [-0.3, -0.25) is 9.52 Å². The second-order valence-electron chi connectivity index (χ2n) is 8.99. The average Bonchev–Trinajstić information content (AvgIpc) is 2.65. The maximum atomic E-state index is 11.9. The Morgan fingerprint density at radius 2 is 1.43 bits per heavy atom. The number of aliphatic hydroxyl groups is 1. The molecule has 176 valence electrons. The summed E-state index contributed by atoms with van der Waals surface area (Å²) in [6.45, 7) is 6.86. The third-order valence-corrected chi connectivity index (χ3v) is 7.06. The van der Waals surface area contributed by atoms with Gasteiger partial charge in [0, 0.05) is 6.42 Å². The topological polar surface area (TPSA) is 83.5 Å². The molecule has 0 aromatic heterocycles. The highest BCUT2D eigenvalue weighted by molar-refractivity contribution is 7.91. The van der Waals surface area contributed by atoms with Crippen molar-refractivity contribution >= 4 is 15.9 Å². The Morgan fingerprint density at radius 3 is 2.00 bits per heavy atom. The van der Waals surface area contributed by atoms with Crippen LogP contribution in [0.2, 0.25) is 0 Å². The van der Waals surface area contributed by atoms with E-state index < -0.39 is 20.7 Å². The maximum Gasteiger partial charge on any atom is 0.239 e. The minimum atomic E-state index is -3.60. The SMILES string of the molecule is CCCC[C@@H](O)/C=C\CCCCCCC/C=C\CCCC(=O)NS(=O)(=O)C(C)(C)C. The van der Waals surface area contributed by atoms with E-state index in [1.54, 1.807) is 20.8 Å². The third kappa shape index (κ3) is 15.7. The predicted octanol–water partition coefficient (Wildman–Crippen LogP) is 5.80. The molecule has 0 aliphatic heterocycles. The predicted molar refractivity (Wildman–Crippen MR) is 127 cm³/mol. The summed E-state index contributed by atoms with van der Waals surface area (Å²) in [5.74, 6) is -0.427. The molecule has 5 nitrogen and oxygen atoms in total. The highest BCUT2D eigenvalue weighted by Gasteiger charge is 2.30. The van der Waals surface area contributed by atoms with Gasteiger partial charge in [-0.15, -0.1) is 0 Å². The third-order valence-electron chi connectivity index (χ3n) is 4.95. The number of allylic oxidation sites excluding steroid dienone is 3. The lowest BCUT2D eigenvalue weighted by Crippen LogP contribution is -2.42. The Labute approximate surface area is 185 Å². The van der Waals surface area contributed by atoms with Gasteiger partial charge in [-0.25, -0.2) is 8.42 Å². The average molecular weight is 444 g/mol. The van der Waals surface area contributed by atoms with Gasteiger partial charge in [-0.05, 0) is 65.7 Å². The van der Waals surface area contributed by atoms with Crippen LogP contribution in [0.15, 0.2) is 24.3 Å². The molecule has 30 heavy (non-hydrogen) atoms. The van der Waals surface area contributed by atoms with E-state index in [4.69, 9.17) is 0 Å². The van der Waals surface area contributed by atoms with E-state index in [1.165, 1.54) is 32.1 Å². The van der Waals surface area contributed by atoms with Crippen molar-refractivity contribution in [3.63, 3.8) is 0 Å². The molecule has 0 unspecified atom stereocenters. The summed E-state index contributed by atoms with van der Waals surface area (Å²) in [4.78, 5) is 11.8. The highest BCUT2D eigenvalue weighted by atomic mass is 32.2. The van der Waals surface area contributed by atoms with Crippen LogP contribution >= 0.6 is 0 Å². The minimum absolute atomic E-state index is 0.226. The van der Waals surface area contributed by atoms with E-state index in [1.807, 2.05) is 6.08 Å². The standard InChI is InChI=1S/C24H45NO4S/c1-5-6-19-22(26)20-17-15-13-11-9-7-8-10-12-14-16-18-21-23(27)25-30(28,29)24(2,3)4/h12,14,17,20,22,26H,5-11,13,15-16,18-19,21H2,1-4H3,(H,25,27)/b14-12-,20-17-/t22-/m1/s1. The van der Waals surface area contributed by atoms with E-state index in [0.717, 1.165) is 38.5 Å². The molecule has 0 fully saturated rings. The van der Waals surface area contributed by atoms with Gasteiger partial charge in [0.25, 0.3) is 0 Å². The first-order valence-electron chi connectivity index (χ1n) is 11.6. The van der Waals surface area contributed by atoms with Crippen LogP contribution in [0.4, 0.5) is 0 Å². The molecule has 6 heteroatoms. The Hall–Kier alpha value is -1.14. The van der Waals surface area contributed by atoms with Gasteiger partial charge in [0.2, 0.25) is 15.9 Å². The smallest absolute Gasteiger partial charge is 0.239 e. The fraction of sp³-hybridized carbons (Fsp3) is 0.792. The van der Waals surface area contributed by atoms with E-state index in [2.05, 4.69) is 29.9 Å². The van der Waals surface area contributed by atoms with Gasteiger partial charge in [0.15, 0.2) is 0 Å². The van der Waals surface area contributed by atoms with Crippen LogP contribution < -0.4 is 4.72 Å². The molecule has 1 amide bonds. The normalized spacial score (nSPS) is 13.9. The number of carbonyl (C=O) groups is 1. The summed E-state index contributed by atoms with van der Waals surface area (Å²) < 4.78 is 25.0. The van der Waals surface area contributed by atoms with Crippen molar-refractivity contribution in [1.82, 2.24) is 4.72 Å². The molecule has 0 rings (SSSR count). The van der Waals surface area contributed by atoms with Crippen molar-refractivity contribution in [2.24, 2.45) is 0 Å². The van der Waals surface area contributed by atoms with E-state index in [9.17, 15) is 18.3 Å². The van der Waals surface area contributed by atoms with E-state index in [0.29, 0.717) is 6.42 Å². The summed E-state index contributed by atoms with van der Waals surface area (Å²) in [6, 6.07) is 0. The number of unbranched alkanes of at least 4 members (excludes halogenated alkanes) is 8. The van der Waals surface area contributed by atoms with Crippen molar-refractivity contribution in [3.05, 3.63) is 24.3 Å². The number of hydrogen-bond acceptors (Lipinski definition) is 4. The molecule has 2 N–H and O–H groups in total. The van der Waals surface area contributed by atoms with Crippen molar-refractivity contribution in [1.29, 1.82) is 0 Å². The Balaban J connectivity index is 3.58. The molecule has 0 bridgehead atoms. The van der Waals surface area contributed by atoms with Crippen LogP contribution in [0.25, 0.3) is 0 Å². The van der Waals surface area contributed by atoms with Crippen molar-refractivity contribution < 1.29 is 18.3 Å². The molecule has 0 spiro atoms. The van der Waals surface area contributed by atoms with E-state index >= 15 is 0 Å². The second-order valence-corrected chi connectivity index (χ2v) is 11.4. The summed E-state index contributed by atoms with van der Waals surface area (Å²) in [5.41, 5.74) is 0. The highest BCUT2D eigenvalue weighted by Crippen LogP contribution is 2.13. The number of rotatable bonds is 17. The van der Waals surface area contributed by atoms with Gasteiger partial charge >= 0.3 is 0 Å². The van der Waals surface area contributed by atoms with Gasteiger partial charge in [-0.2, -0.15) is 0 Å². The first-order valence-corrected chi connectivity index (χ1v) is 13.1. The van der Waals surface area contributed by atoms with Crippen molar-refractivity contribution in [2.75, 3.05) is 0 Å². The molecule has 0 aromatic carbocycles. The molecule has 0 saturated heterocycles. The van der Waals surface area contributed by atoms with Crippen molar-refractivity contribution in [3.8, 4) is 0 Å². The monoisotopic (exact) mass is 443 g/mol. The Kier molecular flexibility index (Phi) is 15.9. The second kappa shape index (κ2) is 16.5. The van der Waals surface area contributed by atoms with E-state index in [-0.39, 0.29) is 12.5 Å². The van der Waals surface area contributed by atoms with Crippen molar-refractivity contribution in [2.45, 2.75) is 122 Å². The zero-order valence-electron chi connectivity index (χ0n) is 19.7. The lowest BCUT2D eigenvalue weighted by Gasteiger charge is -2.19. The molecule has 0 aromatic rings. The van der Waals surface area contributed by atoms with Gasteiger partial charge in [0.05, 0.1) is 10.9 Å². The fourth-order valence-electron chi connectivity index (χ4n) is 2.79. The summed E-state index contributed by atoms with van der Waals surface area (Å²) in [7, 11) is -3.60. The summed E-state index contributed by atoms with van der Waals surface area (Å²) in [5, 5.41) is 9.72. The fourth-order valence-corrected chi connectivity index (χ4v) is 3.50. The van der Waals surface area contributed by atoms with Crippen LogP contribution in [0.5, 0.6) is 0 Å². The summed E-state index contributed by atoms with van der Waals surface area (Å²) in [6.07, 6.45) is 20.9. The molecular weight excluding hydrogens is 398 g/mol. The number of aliphatic hydroxyl groups excluding tert-OH is 1. The van der Waals surface area contributed by atoms with Gasteiger partial charge in [0.1, 0.15) is 0 Å². The molecular formula is C24H45NO4S. The zero-order chi connectivity index (χ0) is 22.9. The lowest BCUT2D eigenvalue weighted by atomic mass is 10.1. The number of carbonyl (C=O) groups excluding carboxylic acids is 1. The number of nitrogens with one attached hydrogen (secondary N) is 1. The minimum Gasteiger partial charge on any atom is -0.389 e. The maximum absolute atomic E-state index is 11.9. The molecule has 0 aliphatic rings. The zero-order valence-corrected chi connectivity index (χ0v) is 20.5. The van der Waals surface area contributed by atoms with Gasteiger partial charge < -0.3 is 5.11 Å². The van der Waals surface area contributed by atoms with Gasteiger partial charge in [-0.1, -0.05) is 63.3 Å².